The van der Waals surface area contributed by atoms with Crippen LogP contribution in [0.15, 0.2) is 41.8 Å². The number of benzene rings is 1. The summed E-state index contributed by atoms with van der Waals surface area (Å²) in [7, 11) is 0. The molecular weight excluding hydrogens is 366 g/mol. The van der Waals surface area contributed by atoms with Crippen molar-refractivity contribution in [2.75, 3.05) is 32.9 Å². The molecule has 1 aliphatic rings. The number of ether oxygens (including phenoxy) is 3. The molecule has 0 unspecified atom stereocenters. The van der Waals surface area contributed by atoms with Crippen LogP contribution in [0.25, 0.3) is 10.1 Å². The van der Waals surface area contributed by atoms with Crippen molar-refractivity contribution in [1.82, 2.24) is 5.32 Å². The second kappa shape index (κ2) is 10.2. The van der Waals surface area contributed by atoms with E-state index in [1.807, 2.05) is 0 Å². The van der Waals surface area contributed by atoms with Gasteiger partial charge in [-0.05, 0) is 34.9 Å². The summed E-state index contributed by atoms with van der Waals surface area (Å²) in [5, 5.41) is 6.35. The average molecular weight is 389 g/mol. The molecule has 0 radical (unpaired) electrons. The highest BCUT2D eigenvalue weighted by Gasteiger charge is 2.19. The van der Waals surface area contributed by atoms with Gasteiger partial charge in [0.25, 0.3) is 0 Å². The fraction of sp³-hybridized carbons (Fsp3) is 0.400. The van der Waals surface area contributed by atoms with Crippen molar-refractivity contribution in [3.8, 4) is 0 Å². The zero-order valence-corrected chi connectivity index (χ0v) is 15.8. The first-order valence-corrected chi connectivity index (χ1v) is 9.89. The maximum atomic E-state index is 11.5. The van der Waals surface area contributed by atoms with Gasteiger partial charge < -0.3 is 19.5 Å². The first kappa shape index (κ1) is 19.5. The summed E-state index contributed by atoms with van der Waals surface area (Å²) >= 11 is 1.74. The fourth-order valence-corrected chi connectivity index (χ4v) is 3.30. The van der Waals surface area contributed by atoms with Gasteiger partial charge in [0.1, 0.15) is 6.10 Å². The highest BCUT2D eigenvalue weighted by molar-refractivity contribution is 7.17. The SMILES string of the molecule is O=C(/C=C\C(=O)OC1CNC1)OCCCOCCc1ccc2sccc2c1. The number of rotatable bonds is 10. The van der Waals surface area contributed by atoms with Crippen molar-refractivity contribution in [2.45, 2.75) is 18.9 Å². The summed E-state index contributed by atoms with van der Waals surface area (Å²) in [5.41, 5.74) is 1.25. The van der Waals surface area contributed by atoms with Crippen LogP contribution in [0.3, 0.4) is 0 Å². The molecule has 0 saturated carbocycles. The first-order valence-electron chi connectivity index (χ1n) is 9.01. The summed E-state index contributed by atoms with van der Waals surface area (Å²) in [6.45, 7) is 2.73. The Morgan fingerprint density at radius 3 is 2.78 bits per heavy atom. The standard InChI is InChI=1S/C20H23NO5S/c22-19(4-5-20(23)26-17-13-21-14-17)25-9-1-8-24-10-6-15-2-3-18-16(12-15)7-11-27-18/h2-5,7,11-12,17,21H,1,6,8-10,13-14H2/b5-4-. The van der Waals surface area contributed by atoms with E-state index in [1.54, 1.807) is 11.3 Å². The van der Waals surface area contributed by atoms with Gasteiger partial charge in [0.15, 0.2) is 0 Å². The second-order valence-corrected chi connectivity index (χ2v) is 7.17. The molecule has 0 bridgehead atoms. The minimum Gasteiger partial charge on any atom is -0.462 e. The Balaban J connectivity index is 1.21. The van der Waals surface area contributed by atoms with Gasteiger partial charge in [0, 0.05) is 43.0 Å². The molecule has 1 N–H and O–H groups in total. The predicted molar refractivity (Wildman–Crippen MR) is 104 cm³/mol. The molecule has 144 valence electrons. The number of carbonyl (C=O) groups excluding carboxylic acids is 2. The monoisotopic (exact) mass is 389 g/mol. The van der Waals surface area contributed by atoms with Gasteiger partial charge in [-0.15, -0.1) is 11.3 Å². The molecule has 7 heteroatoms. The highest BCUT2D eigenvalue weighted by atomic mass is 32.1. The number of esters is 2. The van der Waals surface area contributed by atoms with Crippen molar-refractivity contribution in [1.29, 1.82) is 0 Å². The van der Waals surface area contributed by atoms with E-state index in [1.165, 1.54) is 15.6 Å². The van der Waals surface area contributed by atoms with Gasteiger partial charge >= 0.3 is 11.9 Å². The zero-order chi connectivity index (χ0) is 18.9. The molecule has 0 aliphatic carbocycles. The van der Waals surface area contributed by atoms with Crippen molar-refractivity contribution in [2.24, 2.45) is 0 Å². The third-order valence-electron chi connectivity index (χ3n) is 4.11. The van der Waals surface area contributed by atoms with Gasteiger partial charge in [-0.2, -0.15) is 0 Å². The lowest BCUT2D eigenvalue weighted by molar-refractivity contribution is -0.146. The van der Waals surface area contributed by atoms with Crippen LogP contribution in [-0.4, -0.2) is 51.0 Å². The summed E-state index contributed by atoms with van der Waals surface area (Å²) in [6, 6.07) is 8.58. The molecule has 1 aromatic heterocycles. The number of carbonyl (C=O) groups is 2. The maximum Gasteiger partial charge on any atom is 0.331 e. The van der Waals surface area contributed by atoms with E-state index in [2.05, 4.69) is 35.0 Å². The third kappa shape index (κ3) is 6.46. The highest BCUT2D eigenvalue weighted by Crippen LogP contribution is 2.21. The summed E-state index contributed by atoms with van der Waals surface area (Å²) < 4.78 is 16.9. The normalized spacial score (nSPS) is 14.4. The number of fused-ring (bicyclic) bond motifs is 1. The van der Waals surface area contributed by atoms with Crippen LogP contribution in [0, 0.1) is 0 Å². The number of nitrogens with one attached hydrogen (secondary N) is 1. The van der Waals surface area contributed by atoms with Crippen LogP contribution < -0.4 is 5.32 Å². The van der Waals surface area contributed by atoms with Gasteiger partial charge in [-0.3, -0.25) is 0 Å². The quantitative estimate of drug-likeness (QED) is 0.382. The second-order valence-electron chi connectivity index (χ2n) is 6.23. The topological polar surface area (TPSA) is 73.9 Å². The van der Waals surface area contributed by atoms with Gasteiger partial charge in [-0.1, -0.05) is 12.1 Å². The Hall–Kier alpha value is -2.22. The van der Waals surface area contributed by atoms with Crippen LogP contribution in [0.2, 0.25) is 0 Å². The fourth-order valence-electron chi connectivity index (χ4n) is 2.53. The summed E-state index contributed by atoms with van der Waals surface area (Å²) in [6.07, 6.45) is 3.56. The van der Waals surface area contributed by atoms with Crippen LogP contribution >= 0.6 is 11.3 Å². The Kier molecular flexibility index (Phi) is 7.38. The van der Waals surface area contributed by atoms with Crippen LogP contribution in [0.4, 0.5) is 0 Å². The molecule has 27 heavy (non-hydrogen) atoms. The van der Waals surface area contributed by atoms with Crippen molar-refractivity contribution in [3.63, 3.8) is 0 Å². The van der Waals surface area contributed by atoms with Crippen molar-refractivity contribution in [3.05, 3.63) is 47.4 Å². The molecule has 1 fully saturated rings. The lowest BCUT2D eigenvalue weighted by Gasteiger charge is -2.25. The Bertz CT molecular complexity index is 797. The number of thiophene rings is 1. The first-order chi connectivity index (χ1) is 13.2. The lowest BCUT2D eigenvalue weighted by atomic mass is 10.1. The predicted octanol–water partition coefficient (Wildman–Crippen LogP) is 2.46. The molecular formula is C20H23NO5S. The Labute approximate surface area is 162 Å². The van der Waals surface area contributed by atoms with Crippen molar-refractivity contribution < 1.29 is 23.8 Å². The van der Waals surface area contributed by atoms with Crippen LogP contribution in [0.5, 0.6) is 0 Å². The molecule has 6 nitrogen and oxygen atoms in total. The minimum atomic E-state index is -0.553. The van der Waals surface area contributed by atoms with Crippen LogP contribution in [-0.2, 0) is 30.2 Å². The van der Waals surface area contributed by atoms with E-state index < -0.39 is 11.9 Å². The number of hydrogen-bond donors (Lipinski definition) is 1. The van der Waals surface area contributed by atoms with Gasteiger partial charge in [0.2, 0.25) is 0 Å². The molecule has 0 atom stereocenters. The Morgan fingerprint density at radius 1 is 1.11 bits per heavy atom. The van der Waals surface area contributed by atoms with Gasteiger partial charge in [0.05, 0.1) is 13.2 Å². The van der Waals surface area contributed by atoms with Gasteiger partial charge in [-0.25, -0.2) is 9.59 Å². The van der Waals surface area contributed by atoms with E-state index >= 15 is 0 Å². The van der Waals surface area contributed by atoms with E-state index in [0.29, 0.717) is 32.7 Å². The molecule has 2 heterocycles. The van der Waals surface area contributed by atoms with E-state index in [0.717, 1.165) is 18.6 Å². The molecule has 1 aromatic carbocycles. The molecule has 3 rings (SSSR count). The third-order valence-corrected chi connectivity index (χ3v) is 5.01. The zero-order valence-electron chi connectivity index (χ0n) is 15.0. The van der Waals surface area contributed by atoms with Crippen LogP contribution in [0.1, 0.15) is 12.0 Å². The molecule has 2 aromatic rings. The maximum absolute atomic E-state index is 11.5. The Morgan fingerprint density at radius 2 is 1.96 bits per heavy atom. The summed E-state index contributed by atoms with van der Waals surface area (Å²) in [4.78, 5) is 22.9. The van der Waals surface area contributed by atoms with Crippen molar-refractivity contribution >= 4 is 33.4 Å². The van der Waals surface area contributed by atoms with E-state index in [9.17, 15) is 9.59 Å². The summed E-state index contributed by atoms with van der Waals surface area (Å²) in [5.74, 6) is -1.08. The average Bonchev–Trinajstić information content (AvgIpc) is 3.10. The largest absolute Gasteiger partial charge is 0.462 e. The molecule has 1 aliphatic heterocycles. The molecule has 0 spiro atoms. The molecule has 0 amide bonds. The smallest absolute Gasteiger partial charge is 0.331 e. The minimum absolute atomic E-state index is 0.0949. The molecule has 1 saturated heterocycles. The lowest BCUT2D eigenvalue weighted by Crippen LogP contribution is -2.49. The van der Waals surface area contributed by atoms with E-state index in [4.69, 9.17) is 14.2 Å². The number of hydrogen-bond acceptors (Lipinski definition) is 7. The van der Waals surface area contributed by atoms with E-state index in [-0.39, 0.29) is 12.7 Å².